The summed E-state index contributed by atoms with van der Waals surface area (Å²) < 4.78 is 6.33. The maximum atomic E-state index is 12.3. The van der Waals surface area contributed by atoms with Crippen LogP contribution >= 0.6 is 15.9 Å². The first-order valence-electron chi connectivity index (χ1n) is 8.30. The van der Waals surface area contributed by atoms with Crippen molar-refractivity contribution in [2.24, 2.45) is 0 Å². The van der Waals surface area contributed by atoms with Crippen molar-refractivity contribution < 1.29 is 14.3 Å². The van der Waals surface area contributed by atoms with E-state index in [-0.39, 0.29) is 17.9 Å². The van der Waals surface area contributed by atoms with Crippen LogP contribution in [0.5, 0.6) is 0 Å². The zero-order valence-electron chi connectivity index (χ0n) is 13.5. The fraction of sp³-hybridized carbons (Fsp3) is 0.529. The number of anilines is 1. The van der Waals surface area contributed by atoms with E-state index in [0.717, 1.165) is 23.0 Å². The molecule has 2 fully saturated rings. The van der Waals surface area contributed by atoms with Gasteiger partial charge in [-0.05, 0) is 40.9 Å². The fourth-order valence-corrected chi connectivity index (χ4v) is 3.44. The van der Waals surface area contributed by atoms with Gasteiger partial charge in [-0.2, -0.15) is 0 Å². The molecule has 0 spiro atoms. The highest BCUT2D eigenvalue weighted by Gasteiger charge is 2.30. The predicted octanol–water partition coefficient (Wildman–Crippen LogP) is 1.71. The summed E-state index contributed by atoms with van der Waals surface area (Å²) in [6.07, 6.45) is 1.54. The van der Waals surface area contributed by atoms with Crippen LogP contribution in [0.1, 0.15) is 12.8 Å². The van der Waals surface area contributed by atoms with E-state index < -0.39 is 0 Å². The lowest BCUT2D eigenvalue weighted by Gasteiger charge is -2.35. The number of nitrogens with zero attached hydrogens (tertiary/aromatic N) is 2. The molecule has 1 atom stereocenters. The largest absolute Gasteiger partial charge is 0.368 e. The van der Waals surface area contributed by atoms with Gasteiger partial charge in [0, 0.05) is 37.3 Å². The summed E-state index contributed by atoms with van der Waals surface area (Å²) in [5.74, 6) is 0.0608. The number of carbonyl (C=O) groups excluding carboxylic acids is 2. The molecule has 0 aromatic heterocycles. The van der Waals surface area contributed by atoms with Crippen LogP contribution < -0.4 is 5.32 Å². The van der Waals surface area contributed by atoms with E-state index in [2.05, 4.69) is 26.1 Å². The van der Waals surface area contributed by atoms with Gasteiger partial charge in [0.2, 0.25) is 5.91 Å². The smallest absolute Gasteiger partial charge is 0.251 e. The molecular formula is C17H22BrN3O3. The van der Waals surface area contributed by atoms with Gasteiger partial charge in [-0.3, -0.25) is 14.5 Å². The topological polar surface area (TPSA) is 61.9 Å². The molecule has 1 N–H and O–H groups in total. The fourth-order valence-electron chi connectivity index (χ4n) is 3.06. The zero-order chi connectivity index (χ0) is 16.9. The van der Waals surface area contributed by atoms with Crippen molar-refractivity contribution >= 4 is 33.4 Å². The number of hydrogen-bond donors (Lipinski definition) is 1. The number of hydrogen-bond acceptors (Lipinski definition) is 4. The molecule has 2 aliphatic rings. The number of amides is 2. The summed E-state index contributed by atoms with van der Waals surface area (Å²) in [5, 5.41) is 2.91. The van der Waals surface area contributed by atoms with Gasteiger partial charge in [0.1, 0.15) is 6.10 Å². The second kappa shape index (κ2) is 8.09. The Morgan fingerprint density at radius 2 is 1.96 bits per heavy atom. The molecule has 24 heavy (non-hydrogen) atoms. The third-order valence-electron chi connectivity index (χ3n) is 4.40. The number of para-hydroxylation sites is 1. The number of piperazine rings is 1. The minimum atomic E-state index is -0.254. The Labute approximate surface area is 150 Å². The number of rotatable bonds is 4. The summed E-state index contributed by atoms with van der Waals surface area (Å²) in [5.41, 5.74) is 0.773. The highest BCUT2D eigenvalue weighted by Crippen LogP contribution is 2.21. The van der Waals surface area contributed by atoms with Gasteiger partial charge in [0.05, 0.1) is 12.2 Å². The van der Waals surface area contributed by atoms with Gasteiger partial charge < -0.3 is 15.0 Å². The normalized spacial score (nSPS) is 21.7. The van der Waals surface area contributed by atoms with Crippen LogP contribution in [0.4, 0.5) is 5.69 Å². The predicted molar refractivity (Wildman–Crippen MR) is 94.8 cm³/mol. The van der Waals surface area contributed by atoms with E-state index in [1.165, 1.54) is 0 Å². The molecule has 1 aromatic rings. The van der Waals surface area contributed by atoms with Crippen molar-refractivity contribution in [1.82, 2.24) is 9.80 Å². The molecule has 6 nitrogen and oxygen atoms in total. The highest BCUT2D eigenvalue weighted by molar-refractivity contribution is 9.10. The van der Waals surface area contributed by atoms with E-state index in [9.17, 15) is 9.59 Å². The minimum absolute atomic E-state index is 0.0409. The van der Waals surface area contributed by atoms with Crippen molar-refractivity contribution in [3.8, 4) is 0 Å². The summed E-state index contributed by atoms with van der Waals surface area (Å²) >= 11 is 3.42. The molecule has 0 aliphatic carbocycles. The van der Waals surface area contributed by atoms with Gasteiger partial charge >= 0.3 is 0 Å². The first-order valence-corrected chi connectivity index (χ1v) is 9.10. The number of nitrogens with one attached hydrogen (secondary N) is 1. The first-order chi connectivity index (χ1) is 11.6. The van der Waals surface area contributed by atoms with Crippen molar-refractivity contribution in [2.75, 3.05) is 44.6 Å². The highest BCUT2D eigenvalue weighted by atomic mass is 79.9. The summed E-state index contributed by atoms with van der Waals surface area (Å²) in [4.78, 5) is 28.4. The van der Waals surface area contributed by atoms with Gasteiger partial charge in [-0.15, -0.1) is 0 Å². The number of halogens is 1. The van der Waals surface area contributed by atoms with E-state index in [4.69, 9.17) is 4.74 Å². The van der Waals surface area contributed by atoms with Gasteiger partial charge in [-0.25, -0.2) is 0 Å². The Morgan fingerprint density at radius 3 is 2.62 bits per heavy atom. The summed E-state index contributed by atoms with van der Waals surface area (Å²) in [6.45, 7) is 3.75. The first kappa shape index (κ1) is 17.4. The van der Waals surface area contributed by atoms with Crippen LogP contribution in [-0.4, -0.2) is 67.0 Å². The second-order valence-corrected chi connectivity index (χ2v) is 6.99. The molecule has 2 amide bonds. The molecule has 0 saturated carbocycles. The monoisotopic (exact) mass is 395 g/mol. The molecule has 2 saturated heterocycles. The standard InChI is InChI=1S/C17H22BrN3O3/c18-13-4-1-2-5-14(13)19-16(22)12-20-7-9-21(10-8-20)17(23)15-6-3-11-24-15/h1-2,4-5,15H,3,6-12H2,(H,19,22). The maximum absolute atomic E-state index is 12.3. The van der Waals surface area contributed by atoms with Crippen LogP contribution in [0, 0.1) is 0 Å². The van der Waals surface area contributed by atoms with Crippen LogP contribution in [0.15, 0.2) is 28.7 Å². The molecular weight excluding hydrogens is 374 g/mol. The zero-order valence-corrected chi connectivity index (χ0v) is 15.1. The van der Waals surface area contributed by atoms with Crippen molar-refractivity contribution in [3.05, 3.63) is 28.7 Å². The molecule has 7 heteroatoms. The van der Waals surface area contributed by atoms with Crippen LogP contribution in [-0.2, 0) is 14.3 Å². The number of benzene rings is 1. The van der Waals surface area contributed by atoms with E-state index in [0.29, 0.717) is 39.3 Å². The van der Waals surface area contributed by atoms with E-state index in [1.807, 2.05) is 29.2 Å². The Morgan fingerprint density at radius 1 is 1.21 bits per heavy atom. The molecule has 3 rings (SSSR count). The molecule has 2 heterocycles. The third kappa shape index (κ3) is 4.34. The minimum Gasteiger partial charge on any atom is -0.368 e. The SMILES string of the molecule is O=C(CN1CCN(C(=O)C2CCCO2)CC1)Nc1ccccc1Br. The van der Waals surface area contributed by atoms with Crippen LogP contribution in [0.25, 0.3) is 0 Å². The number of carbonyl (C=O) groups is 2. The van der Waals surface area contributed by atoms with Gasteiger partial charge in [0.15, 0.2) is 0 Å². The molecule has 1 unspecified atom stereocenters. The lowest BCUT2D eigenvalue weighted by molar-refractivity contribution is -0.142. The van der Waals surface area contributed by atoms with Crippen molar-refractivity contribution in [2.45, 2.75) is 18.9 Å². The average molecular weight is 396 g/mol. The lowest BCUT2D eigenvalue weighted by Crippen LogP contribution is -2.52. The Bertz CT molecular complexity index is 596. The Kier molecular flexibility index (Phi) is 5.86. The van der Waals surface area contributed by atoms with Crippen LogP contribution in [0.3, 0.4) is 0 Å². The number of ether oxygens (including phenoxy) is 1. The van der Waals surface area contributed by atoms with E-state index in [1.54, 1.807) is 0 Å². The van der Waals surface area contributed by atoms with E-state index >= 15 is 0 Å². The summed E-state index contributed by atoms with van der Waals surface area (Å²) in [6, 6.07) is 7.55. The second-order valence-electron chi connectivity index (χ2n) is 6.13. The van der Waals surface area contributed by atoms with Gasteiger partial charge in [0.25, 0.3) is 5.91 Å². The summed E-state index contributed by atoms with van der Waals surface area (Å²) in [7, 11) is 0. The van der Waals surface area contributed by atoms with Crippen LogP contribution in [0.2, 0.25) is 0 Å². The Hall–Kier alpha value is -1.44. The molecule has 1 aromatic carbocycles. The molecule has 0 radical (unpaired) electrons. The molecule has 2 aliphatic heterocycles. The average Bonchev–Trinajstić information content (AvgIpc) is 3.11. The Balaban J connectivity index is 1.44. The third-order valence-corrected chi connectivity index (χ3v) is 5.10. The van der Waals surface area contributed by atoms with Crippen molar-refractivity contribution in [1.29, 1.82) is 0 Å². The maximum Gasteiger partial charge on any atom is 0.251 e. The van der Waals surface area contributed by atoms with Gasteiger partial charge in [-0.1, -0.05) is 12.1 Å². The molecule has 0 bridgehead atoms. The quantitative estimate of drug-likeness (QED) is 0.842. The lowest BCUT2D eigenvalue weighted by atomic mass is 10.2. The van der Waals surface area contributed by atoms with Crippen molar-refractivity contribution in [3.63, 3.8) is 0 Å². The molecule has 130 valence electrons.